The second-order valence-corrected chi connectivity index (χ2v) is 6.62. The van der Waals surface area contributed by atoms with Crippen LogP contribution in [0.25, 0.3) is 0 Å². The predicted molar refractivity (Wildman–Crippen MR) is 104 cm³/mol. The predicted octanol–water partition coefficient (Wildman–Crippen LogP) is 2.74. The van der Waals surface area contributed by atoms with E-state index >= 15 is 0 Å². The second kappa shape index (κ2) is 9.47. The molecule has 0 bridgehead atoms. The quantitative estimate of drug-likeness (QED) is 0.699. The first kappa shape index (κ1) is 20.1. The number of aromatic nitrogens is 1. The molecule has 7 heteroatoms. The fourth-order valence-electron chi connectivity index (χ4n) is 2.37. The summed E-state index contributed by atoms with van der Waals surface area (Å²) in [5.74, 6) is -0.160. The monoisotopic (exact) mass is 368 g/mol. The number of hydrogen-bond acceptors (Lipinski definition) is 4. The first-order chi connectivity index (χ1) is 12.8. The molecule has 3 N–H and O–H groups in total. The number of benzene rings is 1. The van der Waals surface area contributed by atoms with Crippen molar-refractivity contribution in [3.8, 4) is 0 Å². The molecule has 3 amide bonds. The SMILES string of the molecule is Cc1cccc(NC(=O)c2cccc(NC(=O)CNC(=O)CC(C)C)c2)n1. The number of nitrogens with one attached hydrogen (secondary N) is 3. The molecule has 0 spiro atoms. The van der Waals surface area contributed by atoms with Crippen LogP contribution in [0.5, 0.6) is 0 Å². The van der Waals surface area contributed by atoms with Gasteiger partial charge in [0.15, 0.2) is 0 Å². The van der Waals surface area contributed by atoms with Gasteiger partial charge in [0.05, 0.1) is 6.54 Å². The highest BCUT2D eigenvalue weighted by Gasteiger charge is 2.10. The van der Waals surface area contributed by atoms with Crippen LogP contribution >= 0.6 is 0 Å². The molecule has 1 aromatic heterocycles. The van der Waals surface area contributed by atoms with E-state index in [1.807, 2.05) is 32.9 Å². The molecule has 27 heavy (non-hydrogen) atoms. The van der Waals surface area contributed by atoms with Crippen LogP contribution in [0, 0.1) is 12.8 Å². The lowest BCUT2D eigenvalue weighted by molar-refractivity contribution is -0.124. The Labute approximate surface area is 158 Å². The van der Waals surface area contributed by atoms with Crippen LogP contribution in [-0.4, -0.2) is 29.3 Å². The van der Waals surface area contributed by atoms with Crippen LogP contribution in [0.2, 0.25) is 0 Å². The fourth-order valence-corrected chi connectivity index (χ4v) is 2.37. The number of hydrogen-bond donors (Lipinski definition) is 3. The molecule has 2 rings (SSSR count). The van der Waals surface area contributed by atoms with Crippen LogP contribution in [0.3, 0.4) is 0 Å². The molecule has 142 valence electrons. The lowest BCUT2D eigenvalue weighted by Crippen LogP contribution is -2.33. The summed E-state index contributed by atoms with van der Waals surface area (Å²) in [6.45, 7) is 5.59. The summed E-state index contributed by atoms with van der Waals surface area (Å²) in [5.41, 5.74) is 1.66. The van der Waals surface area contributed by atoms with Gasteiger partial charge in [-0.2, -0.15) is 0 Å². The Morgan fingerprint density at radius 1 is 1.00 bits per heavy atom. The zero-order valence-electron chi connectivity index (χ0n) is 15.7. The molecule has 2 aromatic rings. The minimum atomic E-state index is -0.356. The Balaban J connectivity index is 1.93. The van der Waals surface area contributed by atoms with Crippen molar-refractivity contribution < 1.29 is 14.4 Å². The first-order valence-electron chi connectivity index (χ1n) is 8.75. The Kier molecular flexibility index (Phi) is 7.05. The van der Waals surface area contributed by atoms with Gasteiger partial charge in [-0.05, 0) is 43.2 Å². The number of amides is 3. The lowest BCUT2D eigenvalue weighted by atomic mass is 10.1. The molecule has 0 saturated heterocycles. The molecular weight excluding hydrogens is 344 g/mol. The molecule has 0 radical (unpaired) electrons. The number of carbonyl (C=O) groups is 3. The van der Waals surface area contributed by atoms with E-state index in [0.29, 0.717) is 23.5 Å². The third-order valence-corrected chi connectivity index (χ3v) is 3.58. The van der Waals surface area contributed by atoms with E-state index in [-0.39, 0.29) is 30.2 Å². The fraction of sp³-hybridized carbons (Fsp3) is 0.300. The van der Waals surface area contributed by atoms with Crippen LogP contribution < -0.4 is 16.0 Å². The van der Waals surface area contributed by atoms with Gasteiger partial charge in [-0.3, -0.25) is 14.4 Å². The lowest BCUT2D eigenvalue weighted by Gasteiger charge is -2.10. The average molecular weight is 368 g/mol. The molecule has 0 atom stereocenters. The van der Waals surface area contributed by atoms with Crippen LogP contribution in [0.15, 0.2) is 42.5 Å². The van der Waals surface area contributed by atoms with E-state index in [1.54, 1.807) is 30.3 Å². The van der Waals surface area contributed by atoms with Gasteiger partial charge in [0.2, 0.25) is 11.8 Å². The maximum absolute atomic E-state index is 12.4. The van der Waals surface area contributed by atoms with Gasteiger partial charge in [0.25, 0.3) is 5.91 Å². The topological polar surface area (TPSA) is 100 Å². The van der Waals surface area contributed by atoms with Crippen LogP contribution in [0.1, 0.15) is 36.3 Å². The summed E-state index contributed by atoms with van der Waals surface area (Å²) < 4.78 is 0. The molecule has 0 aliphatic rings. The molecule has 7 nitrogen and oxygen atoms in total. The zero-order valence-corrected chi connectivity index (χ0v) is 15.7. The van der Waals surface area contributed by atoms with Crippen LogP contribution in [-0.2, 0) is 9.59 Å². The van der Waals surface area contributed by atoms with Crippen molar-refractivity contribution in [3.63, 3.8) is 0 Å². The number of nitrogens with zero attached hydrogens (tertiary/aromatic N) is 1. The smallest absolute Gasteiger partial charge is 0.256 e. The standard InChI is InChI=1S/C20H24N4O3/c1-13(2)10-18(25)21-12-19(26)23-16-8-5-7-15(11-16)20(27)24-17-9-4-6-14(3)22-17/h4-9,11,13H,10,12H2,1-3H3,(H,21,25)(H,23,26)(H,22,24,27). The van der Waals surface area contributed by atoms with Gasteiger partial charge < -0.3 is 16.0 Å². The number of anilines is 2. The summed E-state index contributed by atoms with van der Waals surface area (Å²) >= 11 is 0. The minimum absolute atomic E-state index is 0.116. The molecule has 0 fully saturated rings. The van der Waals surface area contributed by atoms with E-state index in [0.717, 1.165) is 5.69 Å². The van der Waals surface area contributed by atoms with Crippen molar-refractivity contribution in [1.29, 1.82) is 0 Å². The van der Waals surface area contributed by atoms with Crippen molar-refractivity contribution in [2.75, 3.05) is 17.2 Å². The summed E-state index contributed by atoms with van der Waals surface area (Å²) in [7, 11) is 0. The number of pyridine rings is 1. The molecule has 0 unspecified atom stereocenters. The zero-order chi connectivity index (χ0) is 19.8. The Bertz CT molecular complexity index is 833. The van der Waals surface area contributed by atoms with Gasteiger partial charge in [0, 0.05) is 23.4 Å². The van der Waals surface area contributed by atoms with Gasteiger partial charge in [-0.15, -0.1) is 0 Å². The van der Waals surface area contributed by atoms with Crippen molar-refractivity contribution in [2.45, 2.75) is 27.2 Å². The second-order valence-electron chi connectivity index (χ2n) is 6.62. The summed E-state index contributed by atoms with van der Waals surface area (Å²) in [6.07, 6.45) is 0.371. The van der Waals surface area contributed by atoms with E-state index in [1.165, 1.54) is 0 Å². The summed E-state index contributed by atoms with van der Waals surface area (Å²) in [6, 6.07) is 11.9. The third-order valence-electron chi connectivity index (χ3n) is 3.58. The maximum atomic E-state index is 12.4. The minimum Gasteiger partial charge on any atom is -0.347 e. The number of aryl methyl sites for hydroxylation is 1. The molecule has 0 aliphatic heterocycles. The number of carbonyl (C=O) groups excluding carboxylic acids is 3. The van der Waals surface area contributed by atoms with E-state index in [4.69, 9.17) is 0 Å². The average Bonchev–Trinajstić information content (AvgIpc) is 2.59. The highest BCUT2D eigenvalue weighted by atomic mass is 16.2. The van der Waals surface area contributed by atoms with Gasteiger partial charge >= 0.3 is 0 Å². The normalized spacial score (nSPS) is 10.4. The summed E-state index contributed by atoms with van der Waals surface area (Å²) in [4.78, 5) is 40.2. The summed E-state index contributed by atoms with van der Waals surface area (Å²) in [5, 5.41) is 7.96. The highest BCUT2D eigenvalue weighted by molar-refractivity contribution is 6.05. The van der Waals surface area contributed by atoms with Crippen molar-refractivity contribution in [2.24, 2.45) is 5.92 Å². The molecule has 1 heterocycles. The largest absolute Gasteiger partial charge is 0.347 e. The van der Waals surface area contributed by atoms with Crippen molar-refractivity contribution in [1.82, 2.24) is 10.3 Å². The van der Waals surface area contributed by atoms with E-state index in [2.05, 4.69) is 20.9 Å². The van der Waals surface area contributed by atoms with Crippen LogP contribution in [0.4, 0.5) is 11.5 Å². The first-order valence-corrected chi connectivity index (χ1v) is 8.75. The molecular formula is C20H24N4O3. The molecule has 1 aromatic carbocycles. The van der Waals surface area contributed by atoms with Gasteiger partial charge in [-0.25, -0.2) is 4.98 Å². The Morgan fingerprint density at radius 2 is 1.74 bits per heavy atom. The van der Waals surface area contributed by atoms with E-state index < -0.39 is 0 Å². The van der Waals surface area contributed by atoms with E-state index in [9.17, 15) is 14.4 Å². The van der Waals surface area contributed by atoms with Crippen molar-refractivity contribution >= 4 is 29.2 Å². The van der Waals surface area contributed by atoms with Gasteiger partial charge in [0.1, 0.15) is 5.82 Å². The van der Waals surface area contributed by atoms with Gasteiger partial charge in [-0.1, -0.05) is 26.0 Å². The molecule has 0 aliphatic carbocycles. The third kappa shape index (κ3) is 6.89. The molecule has 0 saturated carbocycles. The Hall–Kier alpha value is -3.22. The van der Waals surface area contributed by atoms with Crippen molar-refractivity contribution in [3.05, 3.63) is 53.7 Å². The number of rotatable bonds is 7. The Morgan fingerprint density at radius 3 is 2.44 bits per heavy atom. The highest BCUT2D eigenvalue weighted by Crippen LogP contribution is 2.13. The maximum Gasteiger partial charge on any atom is 0.256 e.